The van der Waals surface area contributed by atoms with Gasteiger partial charge < -0.3 is 15.1 Å². The van der Waals surface area contributed by atoms with Crippen LogP contribution in [0.15, 0.2) is 40.9 Å². The fraction of sp³-hybridized carbons (Fsp3) is 0.545. The lowest BCUT2D eigenvalue weighted by atomic mass is 10.0. The van der Waals surface area contributed by atoms with Crippen molar-refractivity contribution in [3.8, 4) is 0 Å². The summed E-state index contributed by atoms with van der Waals surface area (Å²) in [6.45, 7) is 6.83. The zero-order valence-electron chi connectivity index (χ0n) is 16.9. The van der Waals surface area contributed by atoms with Crippen molar-refractivity contribution in [3.05, 3.63) is 41.5 Å². The lowest BCUT2D eigenvalue weighted by molar-refractivity contribution is -0.130. The number of amides is 1. The van der Waals surface area contributed by atoms with E-state index < -0.39 is 0 Å². The number of rotatable bonds is 4. The van der Waals surface area contributed by atoms with E-state index in [1.54, 1.807) is 0 Å². The maximum Gasteiger partial charge on any atom is 0.244 e. The number of benzene rings is 1. The number of halogens is 1. The minimum absolute atomic E-state index is 0. The molecule has 154 valence electrons. The van der Waals surface area contributed by atoms with E-state index in [2.05, 4.69) is 58.5 Å². The second-order valence-electron chi connectivity index (χ2n) is 7.31. The summed E-state index contributed by atoms with van der Waals surface area (Å²) < 4.78 is 0. The average Bonchev–Trinajstić information content (AvgIpc) is 2.73. The Morgan fingerprint density at radius 3 is 2.36 bits per heavy atom. The van der Waals surface area contributed by atoms with Crippen LogP contribution in [0.2, 0.25) is 0 Å². The molecule has 0 atom stereocenters. The smallest absolute Gasteiger partial charge is 0.244 e. The second kappa shape index (κ2) is 12.1. The molecule has 1 aromatic carbocycles. The average molecular weight is 496 g/mol. The molecule has 2 aliphatic heterocycles. The van der Waals surface area contributed by atoms with Crippen LogP contribution < -0.4 is 5.32 Å². The van der Waals surface area contributed by atoms with Gasteiger partial charge in [0.15, 0.2) is 5.96 Å². The maximum absolute atomic E-state index is 12.4. The first kappa shape index (κ1) is 22.7. The number of nitrogens with zero attached hydrogens (tertiary/aromatic N) is 3. The molecule has 0 saturated carbocycles. The Hall–Kier alpha value is -1.57. The molecule has 0 unspecified atom stereocenters. The summed E-state index contributed by atoms with van der Waals surface area (Å²) in [6.07, 6.45) is 7.87. The first-order chi connectivity index (χ1) is 13.3. The molecule has 1 N–H and O–H groups in total. The number of carbonyl (C=O) groups excluding carboxylic acids is 1. The number of hydrogen-bond acceptors (Lipinski definition) is 2. The molecule has 28 heavy (non-hydrogen) atoms. The summed E-state index contributed by atoms with van der Waals surface area (Å²) in [5.41, 5.74) is 2.76. The van der Waals surface area contributed by atoms with Crippen LogP contribution in [0, 0.1) is 0 Å². The monoisotopic (exact) mass is 496 g/mol. The Labute approximate surface area is 186 Å². The molecule has 0 aliphatic carbocycles. The quantitative estimate of drug-likeness (QED) is 0.393. The summed E-state index contributed by atoms with van der Waals surface area (Å²) in [5.74, 6) is 1.04. The fourth-order valence-electron chi connectivity index (χ4n) is 3.75. The molecule has 2 aliphatic rings. The Bertz CT molecular complexity index is 658. The molecule has 2 heterocycles. The van der Waals surface area contributed by atoms with Gasteiger partial charge >= 0.3 is 0 Å². The highest BCUT2D eigenvalue weighted by Crippen LogP contribution is 2.19. The van der Waals surface area contributed by atoms with Crippen LogP contribution in [0.3, 0.4) is 0 Å². The number of piperidine rings is 2. The summed E-state index contributed by atoms with van der Waals surface area (Å²) in [5, 5.41) is 3.36. The van der Waals surface area contributed by atoms with Gasteiger partial charge in [0.2, 0.25) is 5.91 Å². The number of nitrogens with one attached hydrogen (secondary N) is 1. The molecule has 5 nitrogen and oxygen atoms in total. The summed E-state index contributed by atoms with van der Waals surface area (Å²) in [6, 6.07) is 10.5. The lowest BCUT2D eigenvalue weighted by Crippen LogP contribution is -2.45. The molecule has 0 bridgehead atoms. The van der Waals surface area contributed by atoms with Gasteiger partial charge in [-0.1, -0.05) is 42.0 Å². The second-order valence-corrected chi connectivity index (χ2v) is 7.31. The molecular formula is C22H33IN4O. The van der Waals surface area contributed by atoms with Crippen molar-refractivity contribution in [2.45, 2.75) is 39.0 Å². The molecule has 0 aromatic heterocycles. The molecule has 2 saturated heterocycles. The summed E-state index contributed by atoms with van der Waals surface area (Å²) >= 11 is 0. The molecular weight excluding hydrogens is 463 g/mol. The van der Waals surface area contributed by atoms with Gasteiger partial charge in [0, 0.05) is 32.7 Å². The predicted octanol–water partition coefficient (Wildman–Crippen LogP) is 3.76. The third-order valence-corrected chi connectivity index (χ3v) is 5.28. The zero-order valence-corrected chi connectivity index (χ0v) is 19.2. The number of hydrogen-bond donors (Lipinski definition) is 1. The van der Waals surface area contributed by atoms with Crippen LogP contribution in [-0.2, 0) is 4.79 Å². The van der Waals surface area contributed by atoms with Crippen molar-refractivity contribution in [1.82, 2.24) is 15.1 Å². The van der Waals surface area contributed by atoms with Crippen molar-refractivity contribution >= 4 is 41.9 Å². The van der Waals surface area contributed by atoms with Gasteiger partial charge in [0.05, 0.1) is 0 Å². The van der Waals surface area contributed by atoms with Crippen LogP contribution in [0.1, 0.15) is 44.6 Å². The predicted molar refractivity (Wildman–Crippen MR) is 127 cm³/mol. The Morgan fingerprint density at radius 2 is 1.71 bits per heavy atom. The van der Waals surface area contributed by atoms with E-state index in [0.29, 0.717) is 0 Å². The molecule has 0 spiro atoms. The Kier molecular flexibility index (Phi) is 9.81. The maximum atomic E-state index is 12.4. The first-order valence-electron chi connectivity index (χ1n) is 10.3. The van der Waals surface area contributed by atoms with Crippen molar-refractivity contribution < 1.29 is 4.79 Å². The van der Waals surface area contributed by atoms with Gasteiger partial charge in [0.25, 0.3) is 0 Å². The topological polar surface area (TPSA) is 47.9 Å². The van der Waals surface area contributed by atoms with Gasteiger partial charge in [0.1, 0.15) is 6.54 Å². The van der Waals surface area contributed by atoms with Gasteiger partial charge in [-0.15, -0.1) is 24.0 Å². The van der Waals surface area contributed by atoms with Gasteiger partial charge in [-0.3, -0.25) is 4.79 Å². The number of guanidine groups is 1. The summed E-state index contributed by atoms with van der Waals surface area (Å²) in [7, 11) is 0. The third-order valence-electron chi connectivity index (χ3n) is 5.28. The van der Waals surface area contributed by atoms with Crippen molar-refractivity contribution in [2.24, 2.45) is 4.99 Å². The molecule has 1 aromatic rings. The zero-order chi connectivity index (χ0) is 18.9. The highest BCUT2D eigenvalue weighted by molar-refractivity contribution is 14.0. The highest BCUT2D eigenvalue weighted by atomic mass is 127. The van der Waals surface area contributed by atoms with E-state index in [4.69, 9.17) is 0 Å². The molecule has 1 amide bonds. The third kappa shape index (κ3) is 6.79. The van der Waals surface area contributed by atoms with E-state index in [1.807, 2.05) is 4.90 Å². The van der Waals surface area contributed by atoms with Crippen molar-refractivity contribution in [1.29, 1.82) is 0 Å². The number of aliphatic imine (C=N–C) groups is 1. The Morgan fingerprint density at radius 1 is 1.04 bits per heavy atom. The Balaban J connectivity index is 0.00000280. The first-order valence-corrected chi connectivity index (χ1v) is 10.3. The lowest BCUT2D eigenvalue weighted by Gasteiger charge is -2.32. The van der Waals surface area contributed by atoms with Gasteiger partial charge in [-0.25, -0.2) is 4.99 Å². The molecule has 6 heteroatoms. The number of likely N-dealkylation sites (tertiary alicyclic amines) is 2. The van der Waals surface area contributed by atoms with E-state index in [1.165, 1.54) is 17.6 Å². The standard InChI is InChI=1S/C22H32N4O.HI/c1-2-23-22(24-18-21(27)25-13-7-4-8-14-25)26-15-11-20(12-16-26)17-19-9-5-3-6-10-19;/h3,5-6,9-10,17H,2,4,7-8,11-16,18H2,1H3,(H,23,24);1H. The van der Waals surface area contributed by atoms with E-state index in [0.717, 1.165) is 64.4 Å². The van der Waals surface area contributed by atoms with Gasteiger partial charge in [-0.05, 0) is 44.6 Å². The molecule has 3 rings (SSSR count). The normalized spacial score (nSPS) is 17.8. The van der Waals surface area contributed by atoms with Crippen molar-refractivity contribution in [2.75, 3.05) is 39.3 Å². The van der Waals surface area contributed by atoms with Crippen LogP contribution >= 0.6 is 24.0 Å². The van der Waals surface area contributed by atoms with Crippen LogP contribution in [0.25, 0.3) is 6.08 Å². The van der Waals surface area contributed by atoms with Crippen molar-refractivity contribution in [3.63, 3.8) is 0 Å². The van der Waals surface area contributed by atoms with Gasteiger partial charge in [-0.2, -0.15) is 0 Å². The largest absolute Gasteiger partial charge is 0.357 e. The molecule has 2 fully saturated rings. The van der Waals surface area contributed by atoms with Crippen LogP contribution in [0.5, 0.6) is 0 Å². The SMILES string of the molecule is CCNC(=NCC(=O)N1CCCCC1)N1CCC(=Cc2ccccc2)CC1.I. The fourth-order valence-corrected chi connectivity index (χ4v) is 3.75. The van der Waals surface area contributed by atoms with Crippen LogP contribution in [-0.4, -0.2) is 60.9 Å². The number of carbonyl (C=O) groups is 1. The molecule has 0 radical (unpaired) electrons. The summed E-state index contributed by atoms with van der Waals surface area (Å²) in [4.78, 5) is 21.3. The minimum atomic E-state index is 0. The van der Waals surface area contributed by atoms with E-state index >= 15 is 0 Å². The van der Waals surface area contributed by atoms with E-state index in [9.17, 15) is 4.79 Å². The highest BCUT2D eigenvalue weighted by Gasteiger charge is 2.19. The minimum Gasteiger partial charge on any atom is -0.357 e. The van der Waals surface area contributed by atoms with Crippen LogP contribution in [0.4, 0.5) is 0 Å². The van der Waals surface area contributed by atoms with E-state index in [-0.39, 0.29) is 36.4 Å².